The molecule has 0 radical (unpaired) electrons. The van der Waals surface area contributed by atoms with E-state index in [9.17, 15) is 4.79 Å². The van der Waals surface area contributed by atoms with Crippen molar-refractivity contribution in [3.63, 3.8) is 0 Å². The topological polar surface area (TPSA) is 42.0 Å². The largest absolute Gasteiger partial charge is 0.345 e. The summed E-state index contributed by atoms with van der Waals surface area (Å²) in [6.07, 6.45) is 2.46. The van der Waals surface area contributed by atoms with E-state index in [1.807, 2.05) is 18.2 Å². The number of amides is 1. The zero-order valence-electron chi connectivity index (χ0n) is 11.0. The molecule has 1 aromatic carbocycles. The third-order valence-corrected chi connectivity index (χ3v) is 5.13. The quantitative estimate of drug-likeness (QED) is 0.778. The summed E-state index contributed by atoms with van der Waals surface area (Å²) >= 11 is 11.1. The van der Waals surface area contributed by atoms with E-state index in [2.05, 4.69) is 26.2 Å². The van der Waals surface area contributed by atoms with Gasteiger partial charge in [0.2, 0.25) is 0 Å². The molecule has 0 aliphatic carbocycles. The first-order chi connectivity index (χ1) is 10.1. The van der Waals surface area contributed by atoms with E-state index < -0.39 is 0 Å². The number of pyridine rings is 1. The molecular formula is C15H12BrClN2OS. The summed E-state index contributed by atoms with van der Waals surface area (Å²) in [7, 11) is 0. The molecule has 1 N–H and O–H groups in total. The number of nitrogens with zero attached hydrogens (tertiary/aromatic N) is 1. The Bertz CT molecular complexity index is 678. The van der Waals surface area contributed by atoms with Crippen molar-refractivity contribution in [2.45, 2.75) is 17.4 Å². The van der Waals surface area contributed by atoms with E-state index >= 15 is 0 Å². The third kappa shape index (κ3) is 3.42. The Labute approximate surface area is 140 Å². The SMILES string of the molecule is O=C(NC1CCSc2ccc(Cl)cc21)c1ccc(Br)nc1. The number of carbonyl (C=O) groups excluding carboxylic acids is 1. The van der Waals surface area contributed by atoms with Gasteiger partial charge in [-0.05, 0) is 58.2 Å². The van der Waals surface area contributed by atoms with Gasteiger partial charge in [0.05, 0.1) is 11.6 Å². The molecular weight excluding hydrogens is 372 g/mol. The predicted molar refractivity (Wildman–Crippen MR) is 88.9 cm³/mol. The van der Waals surface area contributed by atoms with E-state index in [-0.39, 0.29) is 11.9 Å². The van der Waals surface area contributed by atoms with Crippen LogP contribution in [0.2, 0.25) is 5.02 Å². The number of halogens is 2. The van der Waals surface area contributed by atoms with Crippen molar-refractivity contribution < 1.29 is 4.79 Å². The van der Waals surface area contributed by atoms with E-state index in [1.54, 1.807) is 30.1 Å². The van der Waals surface area contributed by atoms with Crippen LogP contribution in [-0.2, 0) is 0 Å². The molecule has 1 unspecified atom stereocenters. The summed E-state index contributed by atoms with van der Waals surface area (Å²) in [5, 5.41) is 3.77. The van der Waals surface area contributed by atoms with Crippen LogP contribution in [0.4, 0.5) is 0 Å². The molecule has 1 aromatic heterocycles. The molecule has 6 heteroatoms. The van der Waals surface area contributed by atoms with Gasteiger partial charge in [0.15, 0.2) is 0 Å². The van der Waals surface area contributed by atoms with E-state index in [1.165, 1.54) is 4.90 Å². The number of hydrogen-bond donors (Lipinski definition) is 1. The Balaban J connectivity index is 1.81. The average molecular weight is 384 g/mol. The molecule has 1 amide bonds. The van der Waals surface area contributed by atoms with Crippen LogP contribution in [0.15, 0.2) is 46.0 Å². The molecule has 0 spiro atoms. The first-order valence-electron chi connectivity index (χ1n) is 6.48. The van der Waals surface area contributed by atoms with Gasteiger partial charge in [0.1, 0.15) is 4.60 Å². The lowest BCUT2D eigenvalue weighted by Crippen LogP contribution is -2.30. The highest BCUT2D eigenvalue weighted by molar-refractivity contribution is 9.10. The number of fused-ring (bicyclic) bond motifs is 1. The van der Waals surface area contributed by atoms with Crippen LogP contribution in [0, 0.1) is 0 Å². The molecule has 1 aliphatic rings. The minimum Gasteiger partial charge on any atom is -0.345 e. The average Bonchev–Trinajstić information content (AvgIpc) is 2.48. The maximum atomic E-state index is 12.3. The fraction of sp³-hybridized carbons (Fsp3) is 0.200. The molecule has 1 aliphatic heterocycles. The Kier molecular flexibility index (Phi) is 4.52. The smallest absolute Gasteiger partial charge is 0.253 e. The maximum Gasteiger partial charge on any atom is 0.253 e. The monoisotopic (exact) mass is 382 g/mol. The van der Waals surface area contributed by atoms with E-state index in [4.69, 9.17) is 11.6 Å². The minimum atomic E-state index is -0.113. The fourth-order valence-corrected chi connectivity index (χ4v) is 3.79. The van der Waals surface area contributed by atoms with Crippen molar-refractivity contribution in [2.24, 2.45) is 0 Å². The second-order valence-electron chi connectivity index (χ2n) is 4.71. The number of aromatic nitrogens is 1. The zero-order valence-corrected chi connectivity index (χ0v) is 14.1. The fourth-order valence-electron chi connectivity index (χ4n) is 2.27. The molecule has 0 saturated heterocycles. The second-order valence-corrected chi connectivity index (χ2v) is 7.10. The molecule has 0 fully saturated rings. The molecule has 3 rings (SSSR count). The van der Waals surface area contributed by atoms with Gasteiger partial charge in [0.25, 0.3) is 5.91 Å². The highest BCUT2D eigenvalue weighted by atomic mass is 79.9. The van der Waals surface area contributed by atoms with Gasteiger partial charge in [0, 0.05) is 21.9 Å². The number of carbonyl (C=O) groups is 1. The number of nitrogens with one attached hydrogen (secondary N) is 1. The van der Waals surface area contributed by atoms with Gasteiger partial charge < -0.3 is 5.32 Å². The normalized spacial score (nSPS) is 17.1. The van der Waals surface area contributed by atoms with Crippen molar-refractivity contribution >= 4 is 45.2 Å². The van der Waals surface area contributed by atoms with Crippen molar-refractivity contribution in [3.8, 4) is 0 Å². The summed E-state index contributed by atoms with van der Waals surface area (Å²) in [4.78, 5) is 17.6. The van der Waals surface area contributed by atoms with Crippen molar-refractivity contribution in [3.05, 3.63) is 57.3 Å². The van der Waals surface area contributed by atoms with Crippen LogP contribution < -0.4 is 5.32 Å². The van der Waals surface area contributed by atoms with Gasteiger partial charge in [-0.1, -0.05) is 11.6 Å². The highest BCUT2D eigenvalue weighted by Crippen LogP contribution is 2.37. The number of thioether (sulfide) groups is 1. The van der Waals surface area contributed by atoms with Crippen molar-refractivity contribution in [1.29, 1.82) is 0 Å². The first-order valence-corrected chi connectivity index (χ1v) is 8.64. The van der Waals surface area contributed by atoms with Gasteiger partial charge in [-0.2, -0.15) is 0 Å². The van der Waals surface area contributed by atoms with E-state index in [0.717, 1.165) is 17.7 Å². The summed E-state index contributed by atoms with van der Waals surface area (Å²) in [6.45, 7) is 0. The summed E-state index contributed by atoms with van der Waals surface area (Å²) in [6, 6.07) is 9.35. The predicted octanol–water partition coefficient (Wildman–Crippen LogP) is 4.46. The van der Waals surface area contributed by atoms with Crippen LogP contribution in [0.1, 0.15) is 28.4 Å². The van der Waals surface area contributed by atoms with Crippen LogP contribution in [0.5, 0.6) is 0 Å². The number of hydrogen-bond acceptors (Lipinski definition) is 3. The van der Waals surface area contributed by atoms with E-state index in [0.29, 0.717) is 15.2 Å². The molecule has 0 bridgehead atoms. The molecule has 0 saturated carbocycles. The first kappa shape index (κ1) is 14.9. The Morgan fingerprint density at radius 1 is 1.38 bits per heavy atom. The summed E-state index contributed by atoms with van der Waals surface area (Å²) < 4.78 is 0.713. The standard InChI is InChI=1S/C15H12BrClN2OS/c16-14-4-1-9(8-18-14)15(20)19-12-5-6-21-13-3-2-10(17)7-11(12)13/h1-4,7-8,12H,5-6H2,(H,19,20). The van der Waals surface area contributed by atoms with Crippen LogP contribution in [-0.4, -0.2) is 16.6 Å². The number of benzene rings is 1. The van der Waals surface area contributed by atoms with Crippen LogP contribution in [0.3, 0.4) is 0 Å². The van der Waals surface area contributed by atoms with Gasteiger partial charge in [-0.15, -0.1) is 11.8 Å². The summed E-state index contributed by atoms with van der Waals surface area (Å²) in [5.41, 5.74) is 1.65. The molecule has 1 atom stereocenters. The molecule has 2 heterocycles. The lowest BCUT2D eigenvalue weighted by Gasteiger charge is -2.26. The number of rotatable bonds is 2. The highest BCUT2D eigenvalue weighted by Gasteiger charge is 2.23. The third-order valence-electron chi connectivity index (χ3n) is 3.31. The Morgan fingerprint density at radius 2 is 2.24 bits per heavy atom. The minimum absolute atomic E-state index is 0.00361. The van der Waals surface area contributed by atoms with Crippen molar-refractivity contribution in [2.75, 3.05) is 5.75 Å². The molecule has 21 heavy (non-hydrogen) atoms. The van der Waals surface area contributed by atoms with Crippen LogP contribution >= 0.6 is 39.3 Å². The maximum absolute atomic E-state index is 12.3. The van der Waals surface area contributed by atoms with Gasteiger partial charge >= 0.3 is 0 Å². The van der Waals surface area contributed by atoms with Crippen LogP contribution in [0.25, 0.3) is 0 Å². The Hall–Kier alpha value is -1.04. The lowest BCUT2D eigenvalue weighted by molar-refractivity contribution is 0.0934. The molecule has 2 aromatic rings. The summed E-state index contributed by atoms with van der Waals surface area (Å²) in [5.74, 6) is 0.871. The van der Waals surface area contributed by atoms with Gasteiger partial charge in [-0.3, -0.25) is 4.79 Å². The van der Waals surface area contributed by atoms with Gasteiger partial charge in [-0.25, -0.2) is 4.98 Å². The van der Waals surface area contributed by atoms with Crippen molar-refractivity contribution in [1.82, 2.24) is 10.3 Å². The molecule has 108 valence electrons. The lowest BCUT2D eigenvalue weighted by atomic mass is 10.0. The molecule has 3 nitrogen and oxygen atoms in total. The Morgan fingerprint density at radius 3 is 3.00 bits per heavy atom. The second kappa shape index (κ2) is 6.38. The zero-order chi connectivity index (χ0) is 14.8.